The van der Waals surface area contributed by atoms with Crippen LogP contribution >= 0.6 is 0 Å². The van der Waals surface area contributed by atoms with E-state index in [0.717, 1.165) is 56.7 Å². The number of piperidine rings is 1. The van der Waals surface area contributed by atoms with E-state index in [1.165, 1.54) is 0 Å². The van der Waals surface area contributed by atoms with Gasteiger partial charge in [0.05, 0.1) is 0 Å². The van der Waals surface area contributed by atoms with Crippen molar-refractivity contribution >= 4 is 17.5 Å². The zero-order valence-corrected chi connectivity index (χ0v) is 14.9. The lowest BCUT2D eigenvalue weighted by molar-refractivity contribution is -0.131. The monoisotopic (exact) mass is 329 g/mol. The van der Waals surface area contributed by atoms with Crippen LogP contribution in [0.5, 0.6) is 0 Å². The van der Waals surface area contributed by atoms with E-state index in [-0.39, 0.29) is 17.2 Å². The van der Waals surface area contributed by atoms with Gasteiger partial charge in [0.2, 0.25) is 5.91 Å². The number of amides is 2. The van der Waals surface area contributed by atoms with Gasteiger partial charge in [-0.05, 0) is 48.9 Å². The van der Waals surface area contributed by atoms with E-state index in [1.807, 2.05) is 53.1 Å². The number of hydrogen-bond acceptors (Lipinski definition) is 3. The SMILES string of the molecule is CC(=O)N1CCC2(CC1)CCN(C(=O)c1ccc(N(C)C)cc1)C2. The maximum Gasteiger partial charge on any atom is 0.253 e. The number of carbonyl (C=O) groups is 2. The maximum atomic E-state index is 12.8. The first-order valence-electron chi connectivity index (χ1n) is 8.72. The largest absolute Gasteiger partial charge is 0.378 e. The van der Waals surface area contributed by atoms with Crippen molar-refractivity contribution in [3.8, 4) is 0 Å². The summed E-state index contributed by atoms with van der Waals surface area (Å²) in [6, 6.07) is 7.82. The molecule has 2 fully saturated rings. The van der Waals surface area contributed by atoms with Gasteiger partial charge in [-0.25, -0.2) is 0 Å². The van der Waals surface area contributed by atoms with E-state index in [1.54, 1.807) is 6.92 Å². The van der Waals surface area contributed by atoms with Crippen LogP contribution in [-0.2, 0) is 4.79 Å². The summed E-state index contributed by atoms with van der Waals surface area (Å²) < 4.78 is 0. The van der Waals surface area contributed by atoms with Gasteiger partial charge in [0.15, 0.2) is 0 Å². The average Bonchev–Trinajstić information content (AvgIpc) is 2.98. The molecule has 1 aromatic carbocycles. The highest BCUT2D eigenvalue weighted by Crippen LogP contribution is 2.40. The molecule has 2 aliphatic rings. The van der Waals surface area contributed by atoms with Crippen LogP contribution in [0.25, 0.3) is 0 Å². The molecule has 2 amide bonds. The molecular formula is C19H27N3O2. The van der Waals surface area contributed by atoms with Crippen molar-refractivity contribution in [1.29, 1.82) is 0 Å². The van der Waals surface area contributed by atoms with E-state index in [0.29, 0.717) is 0 Å². The number of benzene rings is 1. The highest BCUT2D eigenvalue weighted by Gasteiger charge is 2.42. The molecule has 0 atom stereocenters. The minimum atomic E-state index is 0.131. The van der Waals surface area contributed by atoms with Gasteiger partial charge in [-0.15, -0.1) is 0 Å². The van der Waals surface area contributed by atoms with E-state index in [2.05, 4.69) is 0 Å². The molecule has 0 aliphatic carbocycles. The Hall–Kier alpha value is -2.04. The van der Waals surface area contributed by atoms with E-state index in [9.17, 15) is 9.59 Å². The molecule has 0 unspecified atom stereocenters. The molecule has 2 aliphatic heterocycles. The van der Waals surface area contributed by atoms with Crippen molar-refractivity contribution in [2.24, 2.45) is 5.41 Å². The third-order valence-corrected chi connectivity index (χ3v) is 5.63. The van der Waals surface area contributed by atoms with Crippen LogP contribution < -0.4 is 4.90 Å². The molecule has 5 heteroatoms. The van der Waals surface area contributed by atoms with Crippen LogP contribution in [0.4, 0.5) is 5.69 Å². The normalized spacial score (nSPS) is 19.6. The number of carbonyl (C=O) groups excluding carboxylic acids is 2. The van der Waals surface area contributed by atoms with Gasteiger partial charge in [0, 0.05) is 58.4 Å². The molecule has 3 rings (SSSR count). The van der Waals surface area contributed by atoms with Gasteiger partial charge in [0.1, 0.15) is 0 Å². The van der Waals surface area contributed by atoms with Crippen molar-refractivity contribution in [3.63, 3.8) is 0 Å². The molecule has 130 valence electrons. The second-order valence-electron chi connectivity index (χ2n) is 7.42. The molecule has 1 spiro atoms. The molecule has 0 N–H and O–H groups in total. The Morgan fingerprint density at radius 2 is 1.50 bits per heavy atom. The van der Waals surface area contributed by atoms with Crippen molar-refractivity contribution in [3.05, 3.63) is 29.8 Å². The second kappa shape index (κ2) is 6.46. The van der Waals surface area contributed by atoms with E-state index in [4.69, 9.17) is 0 Å². The van der Waals surface area contributed by atoms with Crippen LogP contribution in [0.15, 0.2) is 24.3 Å². The van der Waals surface area contributed by atoms with Crippen molar-refractivity contribution < 1.29 is 9.59 Å². The predicted molar refractivity (Wildman–Crippen MR) is 95.2 cm³/mol. The van der Waals surface area contributed by atoms with Crippen LogP contribution in [0.1, 0.15) is 36.5 Å². The minimum Gasteiger partial charge on any atom is -0.378 e. The number of anilines is 1. The molecule has 0 aromatic heterocycles. The highest BCUT2D eigenvalue weighted by atomic mass is 16.2. The maximum absolute atomic E-state index is 12.8. The standard InChI is InChI=1S/C19H27N3O2/c1-15(23)21-11-8-19(9-12-21)10-13-22(14-19)18(24)16-4-6-17(7-5-16)20(2)3/h4-7H,8-14H2,1-3H3. The lowest BCUT2D eigenvalue weighted by atomic mass is 9.78. The van der Waals surface area contributed by atoms with Gasteiger partial charge in [-0.1, -0.05) is 0 Å². The summed E-state index contributed by atoms with van der Waals surface area (Å²) in [5.41, 5.74) is 2.07. The first-order valence-corrected chi connectivity index (χ1v) is 8.72. The van der Waals surface area contributed by atoms with Gasteiger partial charge in [-0.2, -0.15) is 0 Å². The van der Waals surface area contributed by atoms with E-state index >= 15 is 0 Å². The summed E-state index contributed by atoms with van der Waals surface area (Å²) in [5, 5.41) is 0. The Labute approximate surface area is 144 Å². The second-order valence-corrected chi connectivity index (χ2v) is 7.42. The van der Waals surface area contributed by atoms with Crippen molar-refractivity contribution in [2.75, 3.05) is 45.2 Å². The Morgan fingerprint density at radius 1 is 0.958 bits per heavy atom. The van der Waals surface area contributed by atoms with Crippen LogP contribution in [0.3, 0.4) is 0 Å². The van der Waals surface area contributed by atoms with Gasteiger partial charge in [0.25, 0.3) is 5.91 Å². The fraction of sp³-hybridized carbons (Fsp3) is 0.579. The van der Waals surface area contributed by atoms with Gasteiger partial charge < -0.3 is 14.7 Å². The van der Waals surface area contributed by atoms with Gasteiger partial charge >= 0.3 is 0 Å². The first-order chi connectivity index (χ1) is 11.4. The molecule has 2 heterocycles. The quantitative estimate of drug-likeness (QED) is 0.836. The summed E-state index contributed by atoms with van der Waals surface area (Å²) in [5.74, 6) is 0.294. The van der Waals surface area contributed by atoms with Gasteiger partial charge in [-0.3, -0.25) is 9.59 Å². The Bertz CT molecular complexity index is 616. The van der Waals surface area contributed by atoms with Crippen molar-refractivity contribution in [2.45, 2.75) is 26.2 Å². The zero-order chi connectivity index (χ0) is 17.3. The Balaban J connectivity index is 1.63. The topological polar surface area (TPSA) is 43.9 Å². The molecule has 0 radical (unpaired) electrons. The van der Waals surface area contributed by atoms with E-state index < -0.39 is 0 Å². The Kier molecular flexibility index (Phi) is 4.52. The molecule has 2 saturated heterocycles. The molecule has 24 heavy (non-hydrogen) atoms. The fourth-order valence-electron chi connectivity index (χ4n) is 3.90. The molecule has 1 aromatic rings. The summed E-state index contributed by atoms with van der Waals surface area (Å²) in [6.07, 6.45) is 3.08. The molecule has 0 bridgehead atoms. The number of rotatable bonds is 2. The molecule has 5 nitrogen and oxygen atoms in total. The summed E-state index contributed by atoms with van der Waals surface area (Å²) >= 11 is 0. The summed E-state index contributed by atoms with van der Waals surface area (Å²) in [4.78, 5) is 30.2. The van der Waals surface area contributed by atoms with Crippen LogP contribution in [-0.4, -0.2) is 61.9 Å². The first kappa shape index (κ1) is 16.8. The number of hydrogen-bond donors (Lipinski definition) is 0. The third-order valence-electron chi connectivity index (χ3n) is 5.63. The Morgan fingerprint density at radius 3 is 2.00 bits per heavy atom. The van der Waals surface area contributed by atoms with Crippen molar-refractivity contribution in [1.82, 2.24) is 9.80 Å². The van der Waals surface area contributed by atoms with Crippen LogP contribution in [0.2, 0.25) is 0 Å². The molecular weight excluding hydrogens is 302 g/mol. The average molecular weight is 329 g/mol. The fourth-order valence-corrected chi connectivity index (χ4v) is 3.90. The minimum absolute atomic E-state index is 0.131. The summed E-state index contributed by atoms with van der Waals surface area (Å²) in [6.45, 7) is 4.95. The number of nitrogens with zero attached hydrogens (tertiary/aromatic N) is 3. The lowest BCUT2D eigenvalue weighted by Gasteiger charge is -2.38. The summed E-state index contributed by atoms with van der Waals surface area (Å²) in [7, 11) is 3.99. The lowest BCUT2D eigenvalue weighted by Crippen LogP contribution is -2.43. The molecule has 0 saturated carbocycles. The smallest absolute Gasteiger partial charge is 0.253 e. The predicted octanol–water partition coefficient (Wildman–Crippen LogP) is 2.23. The van der Waals surface area contributed by atoms with Crippen LogP contribution in [0, 0.1) is 5.41 Å². The number of likely N-dealkylation sites (tertiary alicyclic amines) is 2. The third kappa shape index (κ3) is 3.25. The zero-order valence-electron chi connectivity index (χ0n) is 14.9. The highest BCUT2D eigenvalue weighted by molar-refractivity contribution is 5.94.